The molecule has 0 atom stereocenters. The van der Waals surface area contributed by atoms with Crippen molar-refractivity contribution in [3.63, 3.8) is 0 Å². The van der Waals surface area contributed by atoms with Crippen LogP contribution in [-0.4, -0.2) is 40.7 Å². The molecule has 0 spiro atoms. The quantitative estimate of drug-likeness (QED) is 0.116. The zero-order chi connectivity index (χ0) is 35.7. The van der Waals surface area contributed by atoms with E-state index in [4.69, 9.17) is 11.4 Å². The minimum atomic E-state index is -0.0465. The first-order valence-corrected chi connectivity index (χ1v) is 27.2. The monoisotopic (exact) mass is 831 g/mol. The van der Waals surface area contributed by atoms with Crippen LogP contribution in [0.25, 0.3) is 6.08 Å². The van der Waals surface area contributed by atoms with Gasteiger partial charge in [0, 0.05) is 15.8 Å². The molecule has 1 nitrogen and oxygen atoms in total. The van der Waals surface area contributed by atoms with Gasteiger partial charge in [-0.1, -0.05) is 56.7 Å². The maximum atomic E-state index is 7.75. The van der Waals surface area contributed by atoms with Crippen LogP contribution in [0.4, 0.5) is 0 Å². The molecule has 0 bridgehead atoms. The predicted molar refractivity (Wildman–Crippen MR) is 226 cm³/mol. The minimum absolute atomic E-state index is 0.0465. The van der Waals surface area contributed by atoms with Crippen molar-refractivity contribution in [3.8, 4) is 0 Å². The Labute approximate surface area is 327 Å². The molecule has 50 heavy (non-hydrogen) atoms. The van der Waals surface area contributed by atoms with Gasteiger partial charge < -0.3 is 4.79 Å². The Balaban J connectivity index is 0.000000206. The summed E-state index contributed by atoms with van der Waals surface area (Å²) in [6, 6.07) is 9.80. The fourth-order valence-corrected chi connectivity index (χ4v) is 21.6. The number of hydrogen-bond acceptors (Lipinski definition) is 1. The predicted octanol–water partition coefficient (Wildman–Crippen LogP) is 14.9. The Morgan fingerprint density at radius 1 is 0.420 bits per heavy atom. The Morgan fingerprint density at radius 2 is 0.620 bits per heavy atom. The molecular weight excluding hydrogens is 755 g/mol. The molecule has 0 N–H and O–H groups in total. The molecule has 0 unspecified atom stereocenters. The first-order chi connectivity index (χ1) is 24.8. The van der Waals surface area contributed by atoms with Crippen molar-refractivity contribution >= 4 is 38.4 Å². The van der Waals surface area contributed by atoms with E-state index in [0.29, 0.717) is 0 Å². The molecule has 7 rings (SSSR count). The van der Waals surface area contributed by atoms with Crippen LogP contribution in [0.15, 0.2) is 30.3 Å². The van der Waals surface area contributed by atoms with Gasteiger partial charge in [-0.2, -0.15) is 5.56 Å². The molecule has 6 aliphatic carbocycles. The molecule has 0 saturated heterocycles. The summed E-state index contributed by atoms with van der Waals surface area (Å²) in [5.41, 5.74) is 8.42. The molecule has 6 aliphatic rings. The fraction of sp³-hybridized carbons (Fsp3) is 0.800. The van der Waals surface area contributed by atoms with Crippen molar-refractivity contribution in [2.75, 3.05) is 0 Å². The van der Waals surface area contributed by atoms with Gasteiger partial charge in [0.15, 0.2) is 0 Å². The van der Waals surface area contributed by atoms with Gasteiger partial charge in [0.25, 0.3) is 0 Å². The second kappa shape index (κ2) is 28.8. The topological polar surface area (TPSA) is 17.1 Å². The van der Waals surface area contributed by atoms with Crippen molar-refractivity contribution in [2.24, 2.45) is 0 Å². The summed E-state index contributed by atoms with van der Waals surface area (Å²) in [5.74, 6) is 0. The second-order valence-electron chi connectivity index (χ2n) is 16.6. The summed E-state index contributed by atoms with van der Waals surface area (Å²) in [5, 5.41) is 0. The molecule has 0 amide bonds. The van der Waals surface area contributed by atoms with E-state index in [1.165, 1.54) is 34.0 Å². The molecule has 1 aromatic rings. The molecule has 0 radical (unpaired) electrons. The van der Waals surface area contributed by atoms with E-state index in [-0.39, 0.29) is 15.8 Å². The van der Waals surface area contributed by atoms with Crippen molar-refractivity contribution < 1.29 is 22.1 Å². The van der Waals surface area contributed by atoms with Gasteiger partial charge in [-0.05, 0) is 154 Å². The summed E-state index contributed by atoms with van der Waals surface area (Å²) < 4.78 is 0. The van der Waals surface area contributed by atoms with Gasteiger partial charge in [-0.3, -0.25) is 13.4 Å². The van der Waals surface area contributed by atoms with Gasteiger partial charge in [0.1, 0.15) is 0 Å². The van der Waals surface area contributed by atoms with E-state index in [1.54, 1.807) is 199 Å². The van der Waals surface area contributed by atoms with E-state index < -0.39 is 0 Å². The fourth-order valence-electron chi connectivity index (χ4n) is 11.2. The number of rotatable bonds is 7. The molecular formula is C45H76ClOP2Ru+2. The van der Waals surface area contributed by atoms with Crippen molar-refractivity contribution in [3.05, 3.63) is 42.5 Å². The third-order valence-corrected chi connectivity index (χ3v) is 22.6. The van der Waals surface area contributed by atoms with E-state index in [2.05, 4.69) is 16.5 Å². The zero-order valence-electron chi connectivity index (χ0n) is 31.9. The molecule has 6 fully saturated rings. The Bertz CT molecular complexity index is 788. The van der Waals surface area contributed by atoms with Crippen LogP contribution in [0.1, 0.15) is 198 Å². The van der Waals surface area contributed by atoms with Crippen LogP contribution < -0.4 is 0 Å². The average Bonchev–Trinajstić information content (AvgIpc) is 3.23. The normalized spacial score (nSPS) is 23.5. The Kier molecular flexibility index (Phi) is 25.8. The van der Waals surface area contributed by atoms with Crippen molar-refractivity contribution in [2.45, 2.75) is 227 Å². The second-order valence-corrected chi connectivity index (χ2v) is 23.5. The van der Waals surface area contributed by atoms with Gasteiger partial charge in [0.2, 0.25) is 0 Å². The number of hydrogen-bond donors (Lipinski definition) is 0. The Morgan fingerprint density at radius 3 is 0.780 bits per heavy atom. The summed E-state index contributed by atoms with van der Waals surface area (Å²) in [7, 11) is 4.48. The number of carbonyl (C=O) groups excluding carboxylic acids is 1. The Hall–Kier alpha value is 0.403. The number of benzene rings is 1. The SMILES string of the molecule is C1CCC([PH+](C2CCCCC2)C2CCCCC2)CC1.C1CCC([PH+](C2CCCCC2)C2CCCCC2)CC1.[CH-]=Cc1ccccc1.[CH-]=O.[Cl][Ru+2]. The molecule has 5 heteroatoms. The third-order valence-electron chi connectivity index (χ3n) is 13.5. The molecule has 1 aromatic carbocycles. The first kappa shape index (κ1) is 44.8. The van der Waals surface area contributed by atoms with Gasteiger partial charge in [0.05, 0.1) is 34.0 Å². The maximum absolute atomic E-state index is 7.75. The average molecular weight is 832 g/mol. The van der Waals surface area contributed by atoms with Crippen LogP contribution in [0, 0.1) is 6.58 Å². The van der Waals surface area contributed by atoms with E-state index in [0.717, 1.165) is 5.56 Å². The van der Waals surface area contributed by atoms with E-state index >= 15 is 0 Å². The van der Waals surface area contributed by atoms with Crippen LogP contribution in [0.3, 0.4) is 0 Å². The molecule has 0 aromatic heterocycles. The van der Waals surface area contributed by atoms with Gasteiger partial charge in [-0.25, -0.2) is 6.08 Å². The summed E-state index contributed by atoms with van der Waals surface area (Å²) in [6.07, 6.45) is 49.2. The number of halogens is 1. The molecule has 6 saturated carbocycles. The molecule has 0 aliphatic heterocycles. The van der Waals surface area contributed by atoms with Gasteiger partial charge in [-0.15, -0.1) is 12.1 Å². The standard InChI is InChI=1S/2C18H33P.C8H7.CHO.ClH.Ru/c2*1-4-10-16(11-5-1)19(17-12-6-2-7-13-17)18-14-8-3-9-15-18;1-2-8-6-4-3-5-7-8;1-2;;/h2*16-18H,1-15H2;1-7H;1H;1H;/q;;2*-1;;+3/p+1. The van der Waals surface area contributed by atoms with Crippen LogP contribution in [0.5, 0.6) is 0 Å². The zero-order valence-corrected chi connectivity index (χ0v) is 36.4. The summed E-state index contributed by atoms with van der Waals surface area (Å²) in [6.45, 7) is 8.47. The van der Waals surface area contributed by atoms with E-state index in [1.807, 2.05) is 47.6 Å². The van der Waals surface area contributed by atoms with Crippen molar-refractivity contribution in [1.82, 2.24) is 0 Å². The van der Waals surface area contributed by atoms with Crippen molar-refractivity contribution in [1.29, 1.82) is 0 Å². The van der Waals surface area contributed by atoms with Crippen LogP contribution in [0.2, 0.25) is 0 Å². The molecule has 285 valence electrons. The summed E-state index contributed by atoms with van der Waals surface area (Å²) in [4.78, 5) is 7.75. The first-order valence-electron chi connectivity index (χ1n) is 21.5. The molecule has 0 heterocycles. The van der Waals surface area contributed by atoms with Crippen LogP contribution >= 0.6 is 25.5 Å². The van der Waals surface area contributed by atoms with E-state index in [9.17, 15) is 0 Å². The third kappa shape index (κ3) is 16.0. The van der Waals surface area contributed by atoms with Crippen LogP contribution in [-0.2, 0) is 22.1 Å². The summed E-state index contributed by atoms with van der Waals surface area (Å²) >= 11 is 1.82. The van der Waals surface area contributed by atoms with Gasteiger partial charge >= 0.3 is 27.0 Å².